The Morgan fingerprint density at radius 2 is 1.87 bits per heavy atom. The number of aliphatic hydroxyl groups excluding tert-OH is 1. The van der Waals surface area contributed by atoms with Crippen LogP contribution in [0.2, 0.25) is 0 Å². The van der Waals surface area contributed by atoms with Gasteiger partial charge in [-0.05, 0) is 54.9 Å². The molecule has 0 saturated carbocycles. The van der Waals surface area contributed by atoms with Crippen molar-refractivity contribution in [2.45, 2.75) is 76.7 Å². The summed E-state index contributed by atoms with van der Waals surface area (Å²) in [5.41, 5.74) is 1.81. The summed E-state index contributed by atoms with van der Waals surface area (Å²) in [5, 5.41) is 11.4. The molecule has 0 radical (unpaired) electrons. The van der Waals surface area contributed by atoms with Crippen molar-refractivity contribution in [3.8, 4) is 5.75 Å². The number of halogens is 1. The normalized spacial score (nSPS) is 20.3. The summed E-state index contributed by atoms with van der Waals surface area (Å²) in [5.74, 6) is 1.36. The summed E-state index contributed by atoms with van der Waals surface area (Å²) in [6.45, 7) is 3.79. The number of Topliss-reactive ketones (excluding diaryl/α,β-unsaturated/α-hetero) is 1. The van der Waals surface area contributed by atoms with Crippen LogP contribution < -0.4 is 4.74 Å². The number of nitrogens with zero attached hydrogens (tertiary/aromatic N) is 1. The molecule has 0 spiro atoms. The molecule has 4 rings (SSSR count). The smallest absolute Gasteiger partial charge is 0.133 e. The molecule has 2 fully saturated rings. The molecule has 0 amide bonds. The molecule has 2 saturated heterocycles. The number of rotatable bonds is 15. The lowest BCUT2D eigenvalue weighted by molar-refractivity contribution is -0.121. The standard InChI is InChI=1S/C32H44FNO4/c33-29-14-17-34(23-29)22-28(20-30(35)12-6-2-3-8-25-15-18-37-19-16-25)32(36)27-11-7-13-31(21-27)38-24-26-9-4-1-5-10-26/h1,4-5,7,9-11,13,21,25,28-29,32,36H,2-3,6,8,12,14-20,22-24H2/t28-,29-,32+/m1/s1. The molecule has 2 aliphatic rings. The lowest BCUT2D eigenvalue weighted by atomic mass is 9.89. The molecule has 1 N–H and O–H groups in total. The Morgan fingerprint density at radius 1 is 1.05 bits per heavy atom. The topological polar surface area (TPSA) is 59.0 Å². The first-order chi connectivity index (χ1) is 18.6. The number of benzene rings is 2. The third kappa shape index (κ3) is 9.48. The highest BCUT2D eigenvalue weighted by atomic mass is 19.1. The van der Waals surface area contributed by atoms with E-state index in [1.165, 1.54) is 6.42 Å². The second-order valence-electron chi connectivity index (χ2n) is 11.1. The number of unbranched alkanes of at least 4 members (excludes halogenated alkanes) is 2. The molecule has 208 valence electrons. The van der Waals surface area contributed by atoms with Gasteiger partial charge in [0.05, 0.1) is 6.10 Å². The number of ether oxygens (including phenoxy) is 2. The molecule has 38 heavy (non-hydrogen) atoms. The van der Waals surface area contributed by atoms with E-state index in [4.69, 9.17) is 9.47 Å². The highest BCUT2D eigenvalue weighted by molar-refractivity contribution is 5.78. The van der Waals surface area contributed by atoms with Crippen LogP contribution in [0.1, 0.15) is 75.0 Å². The molecule has 2 aromatic rings. The molecule has 0 bridgehead atoms. The van der Waals surface area contributed by atoms with Crippen molar-refractivity contribution in [3.05, 3.63) is 65.7 Å². The number of carbonyl (C=O) groups is 1. The van der Waals surface area contributed by atoms with Gasteiger partial charge in [-0.2, -0.15) is 0 Å². The maximum atomic E-state index is 13.9. The fraction of sp³-hybridized carbons (Fsp3) is 0.594. The van der Waals surface area contributed by atoms with E-state index in [2.05, 4.69) is 4.90 Å². The van der Waals surface area contributed by atoms with E-state index in [-0.39, 0.29) is 11.7 Å². The molecule has 2 aliphatic heterocycles. The number of hydrogen-bond acceptors (Lipinski definition) is 5. The largest absolute Gasteiger partial charge is 0.489 e. The van der Waals surface area contributed by atoms with Crippen LogP contribution in [0.5, 0.6) is 5.75 Å². The third-order valence-electron chi connectivity index (χ3n) is 8.00. The lowest BCUT2D eigenvalue weighted by Gasteiger charge is -2.27. The molecule has 2 aromatic carbocycles. The predicted molar refractivity (Wildman–Crippen MR) is 148 cm³/mol. The molecule has 3 atom stereocenters. The van der Waals surface area contributed by atoms with E-state index >= 15 is 0 Å². The summed E-state index contributed by atoms with van der Waals surface area (Å²) in [6.07, 6.45) is 6.39. The number of alkyl halides is 1. The van der Waals surface area contributed by atoms with E-state index < -0.39 is 12.3 Å². The Kier molecular flexibility index (Phi) is 11.6. The second-order valence-corrected chi connectivity index (χ2v) is 11.1. The first-order valence-electron chi connectivity index (χ1n) is 14.5. The third-order valence-corrected chi connectivity index (χ3v) is 8.00. The highest BCUT2D eigenvalue weighted by Gasteiger charge is 2.30. The predicted octanol–water partition coefficient (Wildman–Crippen LogP) is 6.30. The van der Waals surface area contributed by atoms with Crippen molar-refractivity contribution >= 4 is 5.78 Å². The van der Waals surface area contributed by atoms with Crippen molar-refractivity contribution in [1.82, 2.24) is 4.90 Å². The van der Waals surface area contributed by atoms with Crippen molar-refractivity contribution in [3.63, 3.8) is 0 Å². The molecule has 0 aliphatic carbocycles. The van der Waals surface area contributed by atoms with Gasteiger partial charge in [-0.25, -0.2) is 4.39 Å². The quantitative estimate of drug-likeness (QED) is 0.277. The summed E-state index contributed by atoms with van der Waals surface area (Å²) in [6, 6.07) is 17.5. The van der Waals surface area contributed by atoms with Crippen LogP contribution >= 0.6 is 0 Å². The van der Waals surface area contributed by atoms with Gasteiger partial charge < -0.3 is 14.6 Å². The Hall–Kier alpha value is -2.28. The summed E-state index contributed by atoms with van der Waals surface area (Å²) in [7, 11) is 0. The number of hydrogen-bond donors (Lipinski definition) is 1. The van der Waals surface area contributed by atoms with Gasteiger partial charge in [0.1, 0.15) is 24.3 Å². The minimum Gasteiger partial charge on any atom is -0.489 e. The van der Waals surface area contributed by atoms with Gasteiger partial charge >= 0.3 is 0 Å². The van der Waals surface area contributed by atoms with Crippen LogP contribution in [0.25, 0.3) is 0 Å². The van der Waals surface area contributed by atoms with Crippen LogP contribution in [0.15, 0.2) is 54.6 Å². The van der Waals surface area contributed by atoms with Gasteiger partial charge in [-0.1, -0.05) is 61.7 Å². The Balaban J connectivity index is 1.30. The molecule has 0 aromatic heterocycles. The summed E-state index contributed by atoms with van der Waals surface area (Å²) in [4.78, 5) is 15.0. The molecular formula is C32H44FNO4. The average Bonchev–Trinajstić information content (AvgIpc) is 3.36. The fourth-order valence-corrected chi connectivity index (χ4v) is 5.72. The van der Waals surface area contributed by atoms with Gasteiger partial charge in [0.2, 0.25) is 0 Å². The van der Waals surface area contributed by atoms with Gasteiger partial charge in [-0.15, -0.1) is 0 Å². The minimum atomic E-state index is -0.825. The SMILES string of the molecule is O=C(CCCCCC1CCOCC1)C[C@H](CN1CC[C@@H](F)C1)[C@@H](O)c1cccc(OCc2ccccc2)c1. The van der Waals surface area contributed by atoms with Crippen LogP contribution in [0.3, 0.4) is 0 Å². The van der Waals surface area contributed by atoms with Crippen LogP contribution in [0, 0.1) is 11.8 Å². The van der Waals surface area contributed by atoms with Gasteiger partial charge in [0.15, 0.2) is 0 Å². The molecule has 2 heterocycles. The lowest BCUT2D eigenvalue weighted by Crippen LogP contribution is -2.32. The van der Waals surface area contributed by atoms with E-state index in [0.717, 1.165) is 62.4 Å². The Labute approximate surface area is 227 Å². The highest BCUT2D eigenvalue weighted by Crippen LogP contribution is 2.31. The Morgan fingerprint density at radius 3 is 2.63 bits per heavy atom. The zero-order chi connectivity index (χ0) is 26.6. The van der Waals surface area contributed by atoms with Crippen LogP contribution in [0.4, 0.5) is 4.39 Å². The van der Waals surface area contributed by atoms with E-state index in [0.29, 0.717) is 51.3 Å². The number of likely N-dealkylation sites (tertiary alicyclic amines) is 1. The van der Waals surface area contributed by atoms with Gasteiger partial charge in [0, 0.05) is 51.6 Å². The summed E-state index contributed by atoms with van der Waals surface area (Å²) < 4.78 is 25.3. The summed E-state index contributed by atoms with van der Waals surface area (Å²) >= 11 is 0. The maximum absolute atomic E-state index is 13.9. The van der Waals surface area contributed by atoms with E-state index in [9.17, 15) is 14.3 Å². The minimum absolute atomic E-state index is 0.188. The first-order valence-corrected chi connectivity index (χ1v) is 14.5. The average molecular weight is 526 g/mol. The maximum Gasteiger partial charge on any atom is 0.133 e. The number of ketones is 1. The van der Waals surface area contributed by atoms with Crippen molar-refractivity contribution in [2.75, 3.05) is 32.8 Å². The van der Waals surface area contributed by atoms with E-state index in [1.54, 1.807) is 0 Å². The second kappa shape index (κ2) is 15.3. The first kappa shape index (κ1) is 28.7. The molecular weight excluding hydrogens is 481 g/mol. The monoisotopic (exact) mass is 525 g/mol. The number of aliphatic hydroxyl groups is 1. The van der Waals surface area contributed by atoms with Gasteiger partial charge in [0.25, 0.3) is 0 Å². The molecule has 6 heteroatoms. The zero-order valence-corrected chi connectivity index (χ0v) is 22.6. The zero-order valence-electron chi connectivity index (χ0n) is 22.6. The van der Waals surface area contributed by atoms with Crippen molar-refractivity contribution < 1.29 is 23.8 Å². The van der Waals surface area contributed by atoms with Gasteiger partial charge in [-0.3, -0.25) is 9.69 Å². The fourth-order valence-electron chi connectivity index (χ4n) is 5.72. The van der Waals surface area contributed by atoms with Crippen molar-refractivity contribution in [2.24, 2.45) is 11.8 Å². The number of carbonyl (C=O) groups excluding carboxylic acids is 1. The Bertz CT molecular complexity index is 965. The van der Waals surface area contributed by atoms with Crippen LogP contribution in [-0.4, -0.2) is 54.8 Å². The van der Waals surface area contributed by atoms with Crippen LogP contribution in [-0.2, 0) is 16.1 Å². The van der Waals surface area contributed by atoms with Crippen molar-refractivity contribution in [1.29, 1.82) is 0 Å². The van der Waals surface area contributed by atoms with E-state index in [1.807, 2.05) is 54.6 Å². The molecule has 5 nitrogen and oxygen atoms in total. The molecule has 0 unspecified atom stereocenters.